The van der Waals surface area contributed by atoms with Crippen molar-refractivity contribution in [3.63, 3.8) is 0 Å². The van der Waals surface area contributed by atoms with Gasteiger partial charge in [-0.2, -0.15) is 0 Å². The molecule has 0 aliphatic carbocycles. The number of aromatic nitrogens is 1. The number of benzene rings is 2. The molecule has 1 aliphatic rings. The number of fused-ring (bicyclic) bond motifs is 3. The van der Waals surface area contributed by atoms with Gasteiger partial charge in [-0.1, -0.05) is 53.7 Å². The summed E-state index contributed by atoms with van der Waals surface area (Å²) in [6.07, 6.45) is 0. The summed E-state index contributed by atoms with van der Waals surface area (Å²) < 4.78 is 0. The highest BCUT2D eigenvalue weighted by atomic mass is 35.5. The van der Waals surface area contributed by atoms with Crippen molar-refractivity contribution < 1.29 is 0 Å². The van der Waals surface area contributed by atoms with Crippen LogP contribution >= 0.6 is 23.4 Å². The predicted molar refractivity (Wildman–Crippen MR) is 86.1 cm³/mol. The molecule has 3 aromatic rings. The minimum absolute atomic E-state index is 0.747. The van der Waals surface area contributed by atoms with Crippen molar-refractivity contribution in [3.8, 4) is 0 Å². The van der Waals surface area contributed by atoms with Crippen molar-refractivity contribution in [2.75, 3.05) is 5.88 Å². The van der Waals surface area contributed by atoms with E-state index in [4.69, 9.17) is 11.6 Å². The molecule has 2 aromatic carbocycles. The third-order valence-corrected chi connectivity index (χ3v) is 4.67. The number of H-pyrrole nitrogens is 1. The number of thioether (sulfide) groups is 1. The second kappa shape index (κ2) is 4.69. The summed E-state index contributed by atoms with van der Waals surface area (Å²) in [6.45, 7) is 0. The molecule has 0 bridgehead atoms. The zero-order chi connectivity index (χ0) is 13.5. The number of rotatable bonds is 1. The van der Waals surface area contributed by atoms with E-state index in [-0.39, 0.29) is 0 Å². The first-order valence-corrected chi connectivity index (χ1v) is 7.73. The van der Waals surface area contributed by atoms with Gasteiger partial charge in [-0.25, -0.2) is 0 Å². The number of aromatic amines is 1. The molecule has 0 saturated heterocycles. The van der Waals surface area contributed by atoms with Crippen molar-refractivity contribution in [3.05, 3.63) is 64.8 Å². The fraction of sp³-hybridized carbons (Fsp3) is 0.0625. The Morgan fingerprint density at radius 1 is 1.05 bits per heavy atom. The van der Waals surface area contributed by atoms with Gasteiger partial charge in [0, 0.05) is 26.4 Å². The van der Waals surface area contributed by atoms with Gasteiger partial charge < -0.3 is 4.98 Å². The van der Waals surface area contributed by atoms with Crippen molar-refractivity contribution in [2.24, 2.45) is 4.99 Å². The van der Waals surface area contributed by atoms with Crippen LogP contribution in [0.1, 0.15) is 11.3 Å². The fourth-order valence-electron chi connectivity index (χ4n) is 2.52. The molecule has 0 amide bonds. The molecule has 4 heteroatoms. The highest BCUT2D eigenvalue weighted by molar-refractivity contribution is 7.99. The maximum atomic E-state index is 5.96. The van der Waals surface area contributed by atoms with E-state index in [1.54, 1.807) is 11.8 Å². The molecule has 1 N–H and O–H groups in total. The highest BCUT2D eigenvalue weighted by Crippen LogP contribution is 2.36. The number of nitrogens with one attached hydrogen (secondary N) is 1. The van der Waals surface area contributed by atoms with E-state index in [1.165, 1.54) is 10.3 Å². The van der Waals surface area contributed by atoms with Gasteiger partial charge in [-0.05, 0) is 18.2 Å². The number of hydrogen-bond donors (Lipinski definition) is 1. The monoisotopic (exact) mass is 298 g/mol. The van der Waals surface area contributed by atoms with Crippen LogP contribution in [-0.4, -0.2) is 16.6 Å². The zero-order valence-electron chi connectivity index (χ0n) is 10.6. The smallest absolute Gasteiger partial charge is 0.0903 e. The lowest BCUT2D eigenvalue weighted by molar-refractivity contribution is 1.26. The third kappa shape index (κ3) is 1.86. The summed E-state index contributed by atoms with van der Waals surface area (Å²) in [5.41, 5.74) is 4.40. The van der Waals surface area contributed by atoms with E-state index < -0.39 is 0 Å². The Morgan fingerprint density at radius 2 is 1.85 bits per heavy atom. The number of para-hydroxylation sites is 1. The Labute approximate surface area is 125 Å². The van der Waals surface area contributed by atoms with Crippen molar-refractivity contribution in [1.29, 1.82) is 0 Å². The maximum Gasteiger partial charge on any atom is 0.0903 e. The van der Waals surface area contributed by atoms with E-state index in [2.05, 4.69) is 28.2 Å². The minimum atomic E-state index is 0.747. The van der Waals surface area contributed by atoms with Crippen molar-refractivity contribution in [2.45, 2.75) is 4.90 Å². The van der Waals surface area contributed by atoms with E-state index in [1.807, 2.05) is 30.3 Å². The molecular weight excluding hydrogens is 288 g/mol. The SMILES string of the molecule is Clc1ccc(C2=NCSc3c2[nH]c2ccccc32)cc1. The van der Waals surface area contributed by atoms with Crippen LogP contribution in [0.2, 0.25) is 5.02 Å². The first-order chi connectivity index (χ1) is 9.83. The molecular formula is C16H11ClN2S. The van der Waals surface area contributed by atoms with Crippen LogP contribution < -0.4 is 0 Å². The topological polar surface area (TPSA) is 28.1 Å². The number of halogens is 1. The quantitative estimate of drug-likeness (QED) is 0.691. The maximum absolute atomic E-state index is 5.96. The number of nitrogens with zero attached hydrogens (tertiary/aromatic N) is 1. The Bertz CT molecular complexity index is 818. The molecule has 0 spiro atoms. The van der Waals surface area contributed by atoms with Gasteiger partial charge >= 0.3 is 0 Å². The molecule has 4 rings (SSSR count). The molecule has 98 valence electrons. The molecule has 2 heterocycles. The standard InChI is InChI=1S/C16H11ClN2S/c17-11-7-5-10(6-8-11)14-15-16(20-9-18-14)12-3-1-2-4-13(12)19-15/h1-8,19H,9H2. The average Bonchev–Trinajstić information content (AvgIpc) is 2.87. The molecule has 1 aliphatic heterocycles. The summed E-state index contributed by atoms with van der Waals surface area (Å²) >= 11 is 7.74. The van der Waals surface area contributed by atoms with Gasteiger partial charge in [0.15, 0.2) is 0 Å². The summed E-state index contributed by atoms with van der Waals surface area (Å²) in [7, 11) is 0. The Morgan fingerprint density at radius 3 is 2.70 bits per heavy atom. The Balaban J connectivity index is 1.92. The summed E-state index contributed by atoms with van der Waals surface area (Å²) in [5, 5.41) is 2.02. The van der Waals surface area contributed by atoms with Crippen LogP contribution in [-0.2, 0) is 0 Å². The Hall–Kier alpha value is -1.71. The zero-order valence-corrected chi connectivity index (χ0v) is 12.1. The molecule has 0 fully saturated rings. The first kappa shape index (κ1) is 12.1. The van der Waals surface area contributed by atoms with E-state index >= 15 is 0 Å². The van der Waals surface area contributed by atoms with Crippen LogP contribution in [0.25, 0.3) is 10.9 Å². The van der Waals surface area contributed by atoms with Gasteiger partial charge in [0.25, 0.3) is 0 Å². The lowest BCUT2D eigenvalue weighted by Crippen LogP contribution is -2.09. The van der Waals surface area contributed by atoms with Crippen molar-refractivity contribution in [1.82, 2.24) is 4.98 Å². The van der Waals surface area contributed by atoms with E-state index in [0.29, 0.717) is 0 Å². The average molecular weight is 299 g/mol. The molecule has 0 saturated carbocycles. The van der Waals surface area contributed by atoms with Crippen LogP contribution in [0.3, 0.4) is 0 Å². The van der Waals surface area contributed by atoms with Gasteiger partial charge in [0.1, 0.15) is 0 Å². The molecule has 2 nitrogen and oxygen atoms in total. The normalized spacial score (nSPS) is 14.2. The van der Waals surface area contributed by atoms with Gasteiger partial charge in [0.2, 0.25) is 0 Å². The van der Waals surface area contributed by atoms with Crippen molar-refractivity contribution >= 4 is 40.0 Å². The second-order valence-electron chi connectivity index (χ2n) is 4.66. The first-order valence-electron chi connectivity index (χ1n) is 6.37. The van der Waals surface area contributed by atoms with Gasteiger partial charge in [-0.3, -0.25) is 4.99 Å². The summed E-state index contributed by atoms with van der Waals surface area (Å²) in [6, 6.07) is 16.2. The largest absolute Gasteiger partial charge is 0.352 e. The third-order valence-electron chi connectivity index (χ3n) is 3.44. The van der Waals surface area contributed by atoms with Crippen LogP contribution in [0.15, 0.2) is 58.4 Å². The summed E-state index contributed by atoms with van der Waals surface area (Å²) in [4.78, 5) is 9.46. The van der Waals surface area contributed by atoms with Gasteiger partial charge in [0.05, 0.1) is 17.3 Å². The van der Waals surface area contributed by atoms with Gasteiger partial charge in [-0.15, -0.1) is 0 Å². The predicted octanol–water partition coefficient (Wildman–Crippen LogP) is 4.72. The lowest BCUT2D eigenvalue weighted by atomic mass is 10.1. The van der Waals surface area contributed by atoms with E-state index in [0.717, 1.165) is 33.4 Å². The molecule has 20 heavy (non-hydrogen) atoms. The lowest BCUT2D eigenvalue weighted by Gasteiger charge is -2.13. The van der Waals surface area contributed by atoms with Crippen LogP contribution in [0.4, 0.5) is 0 Å². The van der Waals surface area contributed by atoms with Crippen LogP contribution in [0.5, 0.6) is 0 Å². The fourth-order valence-corrected chi connectivity index (χ4v) is 3.59. The molecule has 0 radical (unpaired) electrons. The molecule has 1 aromatic heterocycles. The molecule has 0 atom stereocenters. The van der Waals surface area contributed by atoms with E-state index in [9.17, 15) is 0 Å². The Kier molecular flexibility index (Phi) is 2.83. The van der Waals surface area contributed by atoms with Crippen LogP contribution in [0, 0.1) is 0 Å². The number of aliphatic imine (C=N–C) groups is 1. The minimum Gasteiger partial charge on any atom is -0.352 e. The molecule has 0 unspecified atom stereocenters. The second-order valence-corrected chi connectivity index (χ2v) is 6.05. The highest BCUT2D eigenvalue weighted by Gasteiger charge is 2.20. The summed E-state index contributed by atoms with van der Waals surface area (Å²) in [5.74, 6) is 0.757. The number of hydrogen-bond acceptors (Lipinski definition) is 2.